The Bertz CT molecular complexity index is 954. The largest absolute Gasteiger partial charge is 0.486 e. The van der Waals surface area contributed by atoms with Gasteiger partial charge in [0.2, 0.25) is 0 Å². The second kappa shape index (κ2) is 7.59. The predicted molar refractivity (Wildman–Crippen MR) is 97.0 cm³/mol. The van der Waals surface area contributed by atoms with E-state index in [0.717, 1.165) is 0 Å². The smallest absolute Gasteiger partial charge is 0.310 e. The number of rotatable bonds is 5. The quantitative estimate of drug-likeness (QED) is 0.620. The van der Waals surface area contributed by atoms with Crippen LogP contribution in [0.25, 0.3) is 0 Å². The Kier molecular flexibility index (Phi) is 4.84. The molecule has 0 atom stereocenters. The van der Waals surface area contributed by atoms with Gasteiger partial charge in [0.25, 0.3) is 5.91 Å². The zero-order chi connectivity index (χ0) is 19.5. The SMILES string of the molecule is O=C1COc2ccc(C(=O)COC(=O)Cc3ccc4c(c3)OCCO4)cc2N1. The summed E-state index contributed by atoms with van der Waals surface area (Å²) in [5, 5.41) is 2.63. The summed E-state index contributed by atoms with van der Waals surface area (Å²) in [6.07, 6.45) is 0.0119. The average Bonchev–Trinajstić information content (AvgIpc) is 2.71. The van der Waals surface area contributed by atoms with Gasteiger partial charge in [-0.15, -0.1) is 0 Å². The molecule has 0 saturated carbocycles. The molecular formula is C20H17NO7. The summed E-state index contributed by atoms with van der Waals surface area (Å²) in [5.41, 5.74) is 1.44. The van der Waals surface area contributed by atoms with Gasteiger partial charge in [-0.05, 0) is 35.9 Å². The lowest BCUT2D eigenvalue weighted by Crippen LogP contribution is -2.25. The van der Waals surface area contributed by atoms with Crippen LogP contribution in [0.5, 0.6) is 17.2 Å². The van der Waals surface area contributed by atoms with Crippen LogP contribution in [0.1, 0.15) is 15.9 Å². The number of nitrogens with one attached hydrogen (secondary N) is 1. The van der Waals surface area contributed by atoms with Crippen molar-refractivity contribution < 1.29 is 33.3 Å². The average molecular weight is 383 g/mol. The molecule has 0 fully saturated rings. The molecular weight excluding hydrogens is 366 g/mol. The fourth-order valence-electron chi connectivity index (χ4n) is 2.90. The molecule has 2 aromatic carbocycles. The third kappa shape index (κ3) is 3.90. The molecule has 8 heteroatoms. The topological polar surface area (TPSA) is 100 Å². The molecule has 144 valence electrons. The number of anilines is 1. The first-order chi connectivity index (χ1) is 13.6. The molecule has 8 nitrogen and oxygen atoms in total. The Morgan fingerprint density at radius 3 is 2.61 bits per heavy atom. The van der Waals surface area contributed by atoms with Crippen molar-refractivity contribution in [2.45, 2.75) is 6.42 Å². The molecule has 4 rings (SSSR count). The van der Waals surface area contributed by atoms with Crippen molar-refractivity contribution in [3.8, 4) is 17.2 Å². The van der Waals surface area contributed by atoms with E-state index in [1.807, 2.05) is 0 Å². The molecule has 2 aliphatic rings. The number of ketones is 1. The van der Waals surface area contributed by atoms with E-state index in [-0.39, 0.29) is 24.7 Å². The maximum atomic E-state index is 12.3. The van der Waals surface area contributed by atoms with Crippen LogP contribution >= 0.6 is 0 Å². The highest BCUT2D eigenvalue weighted by Crippen LogP contribution is 2.31. The second-order valence-electron chi connectivity index (χ2n) is 6.29. The van der Waals surface area contributed by atoms with Crippen LogP contribution in [0.4, 0.5) is 5.69 Å². The van der Waals surface area contributed by atoms with Gasteiger partial charge in [-0.2, -0.15) is 0 Å². The first kappa shape index (κ1) is 17.8. The first-order valence-electron chi connectivity index (χ1n) is 8.72. The van der Waals surface area contributed by atoms with E-state index in [0.29, 0.717) is 47.3 Å². The van der Waals surface area contributed by atoms with Gasteiger partial charge >= 0.3 is 5.97 Å². The Morgan fingerprint density at radius 1 is 0.964 bits per heavy atom. The Labute approximate surface area is 160 Å². The minimum Gasteiger partial charge on any atom is -0.486 e. The summed E-state index contributed by atoms with van der Waals surface area (Å²) in [4.78, 5) is 35.7. The van der Waals surface area contributed by atoms with E-state index < -0.39 is 12.6 Å². The van der Waals surface area contributed by atoms with Gasteiger partial charge in [0.1, 0.15) is 19.0 Å². The molecule has 1 amide bonds. The minimum atomic E-state index is -0.528. The van der Waals surface area contributed by atoms with Gasteiger partial charge in [0.15, 0.2) is 30.5 Å². The van der Waals surface area contributed by atoms with Crippen LogP contribution in [0.2, 0.25) is 0 Å². The van der Waals surface area contributed by atoms with Crippen molar-refractivity contribution >= 4 is 23.3 Å². The minimum absolute atomic E-state index is 0.0119. The van der Waals surface area contributed by atoms with Crippen molar-refractivity contribution in [1.29, 1.82) is 0 Å². The van der Waals surface area contributed by atoms with Crippen LogP contribution in [0, 0.1) is 0 Å². The lowest BCUT2D eigenvalue weighted by Gasteiger charge is -2.18. The summed E-state index contributed by atoms with van der Waals surface area (Å²) < 4.78 is 21.3. The normalized spacial score (nSPS) is 14.4. The number of carbonyl (C=O) groups excluding carboxylic acids is 3. The molecule has 2 heterocycles. The third-order valence-corrected chi connectivity index (χ3v) is 4.25. The molecule has 2 aliphatic heterocycles. The number of benzene rings is 2. The Balaban J connectivity index is 1.34. The standard InChI is InChI=1S/C20H17NO7/c22-15(13-2-4-16-14(9-13)21-19(23)11-27-16)10-28-20(24)8-12-1-3-17-18(7-12)26-6-5-25-17/h1-4,7,9H,5-6,8,10-11H2,(H,21,23). The monoisotopic (exact) mass is 383 g/mol. The summed E-state index contributed by atoms with van der Waals surface area (Å²) in [6, 6.07) is 9.88. The zero-order valence-corrected chi connectivity index (χ0v) is 14.9. The number of carbonyl (C=O) groups is 3. The molecule has 0 saturated heterocycles. The summed E-state index contributed by atoms with van der Waals surface area (Å²) in [5.74, 6) is 0.528. The Hall–Kier alpha value is -3.55. The fourth-order valence-corrected chi connectivity index (χ4v) is 2.90. The van der Waals surface area contributed by atoms with Gasteiger partial charge in [-0.1, -0.05) is 6.07 Å². The third-order valence-electron chi connectivity index (χ3n) is 4.25. The zero-order valence-electron chi connectivity index (χ0n) is 14.9. The van der Waals surface area contributed by atoms with Crippen molar-refractivity contribution in [3.05, 3.63) is 47.5 Å². The molecule has 0 unspecified atom stereocenters. The summed E-state index contributed by atoms with van der Waals surface area (Å²) >= 11 is 0. The molecule has 2 aromatic rings. The highest BCUT2D eigenvalue weighted by molar-refractivity contribution is 6.01. The maximum absolute atomic E-state index is 12.3. The number of amides is 1. The van der Waals surface area contributed by atoms with Crippen molar-refractivity contribution in [2.24, 2.45) is 0 Å². The van der Waals surface area contributed by atoms with E-state index in [9.17, 15) is 14.4 Å². The van der Waals surface area contributed by atoms with Crippen LogP contribution in [0.15, 0.2) is 36.4 Å². The van der Waals surface area contributed by atoms with Crippen molar-refractivity contribution in [2.75, 3.05) is 31.7 Å². The number of fused-ring (bicyclic) bond motifs is 2. The van der Waals surface area contributed by atoms with Crippen molar-refractivity contribution in [3.63, 3.8) is 0 Å². The van der Waals surface area contributed by atoms with E-state index in [4.69, 9.17) is 18.9 Å². The lowest BCUT2D eigenvalue weighted by molar-refractivity contribution is -0.141. The number of hydrogen-bond acceptors (Lipinski definition) is 7. The van der Waals surface area contributed by atoms with Crippen LogP contribution < -0.4 is 19.5 Å². The summed E-state index contributed by atoms with van der Waals surface area (Å²) in [6.45, 7) is 0.505. The highest BCUT2D eigenvalue weighted by atomic mass is 16.6. The van der Waals surface area contributed by atoms with E-state index >= 15 is 0 Å². The lowest BCUT2D eigenvalue weighted by atomic mass is 10.1. The van der Waals surface area contributed by atoms with Gasteiger partial charge < -0.3 is 24.3 Å². The maximum Gasteiger partial charge on any atom is 0.310 e. The molecule has 0 aliphatic carbocycles. The molecule has 0 spiro atoms. The number of Topliss-reactive ketones (excluding diaryl/α,β-unsaturated/α-hetero) is 1. The number of hydrogen-bond donors (Lipinski definition) is 1. The molecule has 1 N–H and O–H groups in total. The van der Waals surface area contributed by atoms with Gasteiger partial charge in [-0.25, -0.2) is 0 Å². The van der Waals surface area contributed by atoms with E-state index in [1.165, 1.54) is 6.07 Å². The Morgan fingerprint density at radius 2 is 1.75 bits per heavy atom. The second-order valence-corrected chi connectivity index (χ2v) is 6.29. The molecule has 28 heavy (non-hydrogen) atoms. The molecule has 0 aromatic heterocycles. The fraction of sp³-hybridized carbons (Fsp3) is 0.250. The van der Waals surface area contributed by atoms with Gasteiger partial charge in [0, 0.05) is 5.56 Å². The van der Waals surface area contributed by atoms with E-state index in [2.05, 4.69) is 5.32 Å². The van der Waals surface area contributed by atoms with Gasteiger partial charge in [-0.3, -0.25) is 14.4 Å². The van der Waals surface area contributed by atoms with E-state index in [1.54, 1.807) is 30.3 Å². The van der Waals surface area contributed by atoms with Crippen LogP contribution in [0.3, 0.4) is 0 Å². The first-order valence-corrected chi connectivity index (χ1v) is 8.72. The molecule has 0 radical (unpaired) electrons. The van der Waals surface area contributed by atoms with Crippen LogP contribution in [-0.2, 0) is 20.7 Å². The van der Waals surface area contributed by atoms with Gasteiger partial charge in [0.05, 0.1) is 12.1 Å². The molecule has 0 bridgehead atoms. The highest BCUT2D eigenvalue weighted by Gasteiger charge is 2.19. The number of esters is 1. The van der Waals surface area contributed by atoms with Crippen molar-refractivity contribution in [1.82, 2.24) is 0 Å². The summed E-state index contributed by atoms with van der Waals surface area (Å²) in [7, 11) is 0. The predicted octanol–water partition coefficient (Wildman–Crippen LogP) is 1.76. The van der Waals surface area contributed by atoms with Crippen LogP contribution in [-0.4, -0.2) is 44.1 Å². The number of ether oxygens (including phenoxy) is 4.